The number of carbonyl (C=O) groups excluding carboxylic acids is 1. The lowest BCUT2D eigenvalue weighted by atomic mass is 9.49. The Bertz CT molecular complexity index is 897. The molecule has 2 bridgehead atoms. The minimum atomic E-state index is -5.26. The predicted octanol–water partition coefficient (Wildman–Crippen LogP) is 4.09. The first-order valence-electron chi connectivity index (χ1n) is 9.84. The summed E-state index contributed by atoms with van der Waals surface area (Å²) >= 11 is 0. The number of rotatable bonds is 6. The van der Waals surface area contributed by atoms with Gasteiger partial charge in [-0.3, -0.25) is 18.4 Å². The monoisotopic (exact) mass is 515 g/mol. The summed E-state index contributed by atoms with van der Waals surface area (Å²) < 4.78 is 122. The van der Waals surface area contributed by atoms with E-state index in [4.69, 9.17) is 0 Å². The molecule has 0 radical (unpaired) electrons. The van der Waals surface area contributed by atoms with Crippen LogP contribution in [-0.4, -0.2) is 62.2 Å². The van der Waals surface area contributed by atoms with Crippen molar-refractivity contribution in [2.75, 3.05) is 25.1 Å². The second-order valence-electron chi connectivity index (χ2n) is 9.51. The van der Waals surface area contributed by atoms with Gasteiger partial charge in [0.25, 0.3) is 0 Å². The smallest absolute Gasteiger partial charge is 0.299 e. The molecule has 0 N–H and O–H groups in total. The average Bonchev–Trinajstić information content (AvgIpc) is 2.81. The summed E-state index contributed by atoms with van der Waals surface area (Å²) in [4.78, 5) is 12.9. The van der Waals surface area contributed by atoms with Crippen molar-refractivity contribution in [3.8, 4) is 0 Å². The van der Waals surface area contributed by atoms with Crippen LogP contribution >= 0.6 is 7.60 Å². The number of hydrogen-bond donors (Lipinski definition) is 0. The topological polar surface area (TPSA) is 90.0 Å². The Morgan fingerprint density at radius 2 is 1.62 bits per heavy atom. The fourth-order valence-corrected chi connectivity index (χ4v) is 9.36. The number of sulfonamides is 1. The van der Waals surface area contributed by atoms with Crippen LogP contribution in [0.2, 0.25) is 0 Å². The van der Waals surface area contributed by atoms with Crippen molar-refractivity contribution >= 4 is 23.5 Å². The van der Waals surface area contributed by atoms with E-state index < -0.39 is 66.7 Å². The molecule has 4 rings (SSSR count). The zero-order valence-electron chi connectivity index (χ0n) is 17.3. The third kappa shape index (κ3) is 5.28. The summed E-state index contributed by atoms with van der Waals surface area (Å²) in [6.45, 7) is -0.441. The lowest BCUT2D eigenvalue weighted by Gasteiger charge is -2.56. The highest BCUT2D eigenvalue weighted by molar-refractivity contribution is 7.90. The van der Waals surface area contributed by atoms with Crippen molar-refractivity contribution in [2.45, 2.75) is 57.9 Å². The van der Waals surface area contributed by atoms with Crippen molar-refractivity contribution in [1.82, 2.24) is 4.31 Å². The van der Waals surface area contributed by atoms with E-state index in [1.807, 2.05) is 13.8 Å². The van der Waals surface area contributed by atoms with E-state index in [-0.39, 0.29) is 17.1 Å². The molecule has 0 aromatic carbocycles. The summed E-state index contributed by atoms with van der Waals surface area (Å²) in [6, 6.07) is -0.787. The van der Waals surface area contributed by atoms with Gasteiger partial charge in [0.05, 0.1) is 11.8 Å². The van der Waals surface area contributed by atoms with Gasteiger partial charge in [0, 0.05) is 5.41 Å². The first-order chi connectivity index (χ1) is 14.3. The maximum Gasteiger partial charge on any atom is 0.412 e. The molecule has 2 unspecified atom stereocenters. The van der Waals surface area contributed by atoms with Crippen LogP contribution in [0, 0.1) is 16.7 Å². The molecule has 4 fully saturated rings. The summed E-state index contributed by atoms with van der Waals surface area (Å²) in [6.07, 6.45) is -9.54. The quantitative estimate of drug-likeness (QED) is 0.391. The van der Waals surface area contributed by atoms with Crippen molar-refractivity contribution in [2.24, 2.45) is 16.7 Å². The Morgan fingerprint density at radius 3 is 2.09 bits per heavy atom. The number of carbonyl (C=O) groups is 1. The van der Waals surface area contributed by atoms with Crippen molar-refractivity contribution < 1.29 is 53.2 Å². The lowest BCUT2D eigenvalue weighted by Crippen LogP contribution is -2.56. The number of hydrogen-bond acceptors (Lipinski definition) is 6. The molecule has 1 saturated heterocycles. The van der Waals surface area contributed by atoms with Gasteiger partial charge in [-0.25, -0.2) is 12.7 Å². The van der Waals surface area contributed by atoms with Gasteiger partial charge in [-0.15, -0.1) is 0 Å². The largest absolute Gasteiger partial charge is 0.412 e. The summed E-state index contributed by atoms with van der Waals surface area (Å²) in [5.74, 6) is -1.65. The molecule has 1 amide bonds. The highest BCUT2D eigenvalue weighted by Gasteiger charge is 2.65. The van der Waals surface area contributed by atoms with E-state index in [0.29, 0.717) is 23.6 Å². The Kier molecular flexibility index (Phi) is 6.32. The number of amides is 1. The van der Waals surface area contributed by atoms with Crippen LogP contribution in [0.1, 0.15) is 39.5 Å². The van der Waals surface area contributed by atoms with Crippen LogP contribution in [0.3, 0.4) is 0 Å². The van der Waals surface area contributed by atoms with Crippen LogP contribution in [0.4, 0.5) is 26.3 Å². The zero-order valence-corrected chi connectivity index (χ0v) is 19.0. The molecule has 3 saturated carbocycles. The Morgan fingerprint density at radius 1 is 1.09 bits per heavy atom. The van der Waals surface area contributed by atoms with Crippen molar-refractivity contribution in [3.05, 3.63) is 0 Å². The van der Waals surface area contributed by atoms with Gasteiger partial charge in [0.2, 0.25) is 15.9 Å². The summed E-state index contributed by atoms with van der Waals surface area (Å²) in [5.41, 5.74) is -0.930. The number of fused-ring (bicyclic) bond motifs is 2. The summed E-state index contributed by atoms with van der Waals surface area (Å²) in [5, 5.41) is 0. The third-order valence-corrected chi connectivity index (χ3v) is 10.3. The molecule has 3 atom stereocenters. The van der Waals surface area contributed by atoms with Gasteiger partial charge in [0.15, 0.2) is 13.2 Å². The Labute approximate surface area is 181 Å². The second kappa shape index (κ2) is 7.84. The molecule has 3 aliphatic carbocycles. The predicted molar refractivity (Wildman–Crippen MR) is 99.1 cm³/mol. The molecule has 4 aliphatic rings. The fourth-order valence-electron chi connectivity index (χ4n) is 5.46. The standard InChI is InChI=1S/C17H24F6NO6PS/c1-14(2)7-15-4-3-11(14)5-12(15)24(32(27,28)10-15)13(25)6-31(26,29-8-16(18,19)20)30-9-17(21,22)23/h11-12H,3-10H2,1-2H3/t11?,12?,15-/m0/s1. The lowest BCUT2D eigenvalue weighted by molar-refractivity contribution is -0.165. The summed E-state index contributed by atoms with van der Waals surface area (Å²) in [7, 11) is -9.48. The third-order valence-electron chi connectivity index (χ3n) is 6.60. The van der Waals surface area contributed by atoms with Crippen LogP contribution in [0.15, 0.2) is 0 Å². The normalized spacial score (nSPS) is 31.6. The molecule has 1 spiro atoms. The second-order valence-corrected chi connectivity index (χ2v) is 13.4. The Balaban J connectivity index is 1.84. The first-order valence-corrected chi connectivity index (χ1v) is 13.2. The molecular weight excluding hydrogens is 491 g/mol. The van der Waals surface area contributed by atoms with E-state index in [1.54, 1.807) is 0 Å². The van der Waals surface area contributed by atoms with Crippen molar-refractivity contribution in [1.29, 1.82) is 0 Å². The minimum Gasteiger partial charge on any atom is -0.299 e. The van der Waals surface area contributed by atoms with E-state index >= 15 is 0 Å². The van der Waals surface area contributed by atoms with Gasteiger partial charge in [-0.05, 0) is 37.0 Å². The first kappa shape index (κ1) is 25.8. The van der Waals surface area contributed by atoms with E-state index in [9.17, 15) is 44.1 Å². The van der Waals surface area contributed by atoms with Crippen LogP contribution in [0.5, 0.6) is 0 Å². The molecule has 32 heavy (non-hydrogen) atoms. The van der Waals surface area contributed by atoms with E-state index in [1.165, 1.54) is 0 Å². The SMILES string of the molecule is CC1(C)C[C@]23CCC1CC2N(C(=O)CP(=O)(OCC(F)(F)F)OCC(F)(F)F)S(=O)(=O)C3. The minimum absolute atomic E-state index is 0.0905. The zero-order chi connectivity index (χ0) is 24.4. The number of alkyl halides is 6. The van der Waals surface area contributed by atoms with Gasteiger partial charge >= 0.3 is 19.9 Å². The van der Waals surface area contributed by atoms with Gasteiger partial charge in [0.1, 0.15) is 6.16 Å². The van der Waals surface area contributed by atoms with E-state index in [2.05, 4.69) is 9.05 Å². The molecular formula is C17H24F6NO6PS. The molecule has 1 aliphatic heterocycles. The molecule has 1 heterocycles. The van der Waals surface area contributed by atoms with Crippen LogP contribution in [0.25, 0.3) is 0 Å². The Hall–Kier alpha value is -0.850. The van der Waals surface area contributed by atoms with Gasteiger partial charge < -0.3 is 0 Å². The highest BCUT2D eigenvalue weighted by Crippen LogP contribution is 2.63. The van der Waals surface area contributed by atoms with Gasteiger partial charge in [-0.1, -0.05) is 13.8 Å². The highest BCUT2D eigenvalue weighted by atomic mass is 32.2. The van der Waals surface area contributed by atoms with E-state index in [0.717, 1.165) is 6.42 Å². The average molecular weight is 515 g/mol. The number of halogens is 6. The van der Waals surface area contributed by atoms with Crippen LogP contribution in [-0.2, 0) is 28.4 Å². The molecule has 7 nitrogen and oxygen atoms in total. The fraction of sp³-hybridized carbons (Fsp3) is 0.941. The number of nitrogens with zero attached hydrogens (tertiary/aromatic N) is 1. The molecule has 0 aromatic heterocycles. The molecule has 186 valence electrons. The molecule has 15 heteroatoms. The van der Waals surface area contributed by atoms with Crippen LogP contribution < -0.4 is 0 Å². The van der Waals surface area contributed by atoms with Gasteiger partial charge in [-0.2, -0.15) is 26.3 Å². The maximum atomic E-state index is 12.9. The maximum absolute atomic E-state index is 12.9. The van der Waals surface area contributed by atoms with Crippen molar-refractivity contribution in [3.63, 3.8) is 0 Å². The molecule has 0 aromatic rings.